The van der Waals surface area contributed by atoms with Gasteiger partial charge in [-0.05, 0) is 37.3 Å². The molecule has 0 N–H and O–H groups in total. The van der Waals surface area contributed by atoms with Gasteiger partial charge in [-0.25, -0.2) is 0 Å². The lowest BCUT2D eigenvalue weighted by molar-refractivity contribution is 0.0745. The van der Waals surface area contributed by atoms with Crippen molar-refractivity contribution in [2.24, 2.45) is 0 Å². The number of halogens is 1. The normalized spacial score (nSPS) is 14.1. The maximum atomic E-state index is 13.3. The van der Waals surface area contributed by atoms with Crippen LogP contribution < -0.4 is 4.90 Å². The maximum Gasteiger partial charge on any atom is 0.259 e. The van der Waals surface area contributed by atoms with E-state index in [1.54, 1.807) is 24.2 Å². The first-order valence-corrected chi connectivity index (χ1v) is 10.6. The molecule has 1 fully saturated rings. The molecule has 1 aromatic carbocycles. The number of benzene rings is 1. The van der Waals surface area contributed by atoms with Crippen LogP contribution in [0.2, 0.25) is 5.02 Å². The Balaban J connectivity index is 1.30. The van der Waals surface area contributed by atoms with E-state index in [2.05, 4.69) is 20.3 Å². The summed E-state index contributed by atoms with van der Waals surface area (Å²) in [6.07, 6.45) is 1.61. The Hall–Kier alpha value is -3.65. The molecule has 3 aromatic heterocycles. The molecule has 1 aliphatic heterocycles. The number of nitrogens with zero attached hydrogens (tertiary/aromatic N) is 5. The van der Waals surface area contributed by atoms with Crippen LogP contribution in [0.4, 0.5) is 5.82 Å². The van der Waals surface area contributed by atoms with E-state index >= 15 is 0 Å². The zero-order chi connectivity index (χ0) is 22.1. The number of carbonyl (C=O) groups is 1. The molecule has 8 nitrogen and oxygen atoms in total. The van der Waals surface area contributed by atoms with Crippen molar-refractivity contribution in [2.45, 2.75) is 6.92 Å². The minimum atomic E-state index is -0.113. The second-order valence-corrected chi connectivity index (χ2v) is 7.88. The highest BCUT2D eigenvalue weighted by molar-refractivity contribution is 6.33. The predicted octanol–water partition coefficient (Wildman–Crippen LogP) is 4.32. The van der Waals surface area contributed by atoms with E-state index in [-0.39, 0.29) is 5.91 Å². The minimum absolute atomic E-state index is 0.113. The number of carbonyl (C=O) groups excluding carboxylic acids is 1. The van der Waals surface area contributed by atoms with Crippen molar-refractivity contribution in [3.05, 3.63) is 71.1 Å². The summed E-state index contributed by atoms with van der Waals surface area (Å²) >= 11 is 6.33. The van der Waals surface area contributed by atoms with E-state index in [0.717, 1.165) is 5.82 Å². The van der Waals surface area contributed by atoms with Gasteiger partial charge in [-0.2, -0.15) is 0 Å². The first kappa shape index (κ1) is 20.3. The molecule has 5 rings (SSSR count). The number of amides is 1. The fraction of sp³-hybridized carbons (Fsp3) is 0.217. The van der Waals surface area contributed by atoms with E-state index in [9.17, 15) is 4.79 Å². The molecule has 0 saturated carbocycles. The lowest BCUT2D eigenvalue weighted by Gasteiger charge is -2.35. The zero-order valence-electron chi connectivity index (χ0n) is 17.4. The molecular weight excluding hydrogens is 430 g/mol. The molecule has 0 spiro atoms. The van der Waals surface area contributed by atoms with Crippen molar-refractivity contribution in [2.75, 3.05) is 31.1 Å². The summed E-state index contributed by atoms with van der Waals surface area (Å²) in [6, 6.07) is 14.8. The Bertz CT molecular complexity index is 1230. The molecule has 4 aromatic rings. The average Bonchev–Trinajstić information content (AvgIpc) is 3.49. The number of anilines is 1. The highest BCUT2D eigenvalue weighted by Gasteiger charge is 2.29. The first-order valence-electron chi connectivity index (χ1n) is 10.2. The van der Waals surface area contributed by atoms with Gasteiger partial charge in [-0.3, -0.25) is 4.79 Å². The van der Waals surface area contributed by atoms with E-state index in [1.807, 2.05) is 42.5 Å². The van der Waals surface area contributed by atoms with Gasteiger partial charge < -0.3 is 18.7 Å². The molecule has 162 valence electrons. The van der Waals surface area contributed by atoms with Crippen LogP contribution in [0.1, 0.15) is 16.1 Å². The molecule has 0 atom stereocenters. The van der Waals surface area contributed by atoms with E-state index in [4.69, 9.17) is 20.5 Å². The molecule has 4 heterocycles. The van der Waals surface area contributed by atoms with Gasteiger partial charge in [-0.15, -0.1) is 10.2 Å². The molecule has 32 heavy (non-hydrogen) atoms. The number of hydrogen-bond acceptors (Lipinski definition) is 7. The first-order chi connectivity index (χ1) is 15.6. The molecule has 1 amide bonds. The van der Waals surface area contributed by atoms with Crippen LogP contribution in [-0.4, -0.2) is 52.3 Å². The third-order valence-corrected chi connectivity index (χ3v) is 5.85. The second kappa shape index (κ2) is 8.47. The lowest BCUT2D eigenvalue weighted by atomic mass is 10.0. The molecule has 1 aliphatic rings. The fourth-order valence-electron chi connectivity index (χ4n) is 3.81. The van der Waals surface area contributed by atoms with Crippen molar-refractivity contribution in [1.29, 1.82) is 0 Å². The van der Waals surface area contributed by atoms with Gasteiger partial charge in [0.2, 0.25) is 0 Å². The Morgan fingerprint density at radius 2 is 1.81 bits per heavy atom. The monoisotopic (exact) mass is 449 g/mol. The van der Waals surface area contributed by atoms with Gasteiger partial charge in [0.05, 0.1) is 11.3 Å². The van der Waals surface area contributed by atoms with E-state index < -0.39 is 0 Å². The number of aryl methyl sites for hydroxylation is 1. The summed E-state index contributed by atoms with van der Waals surface area (Å²) in [5, 5.41) is 13.2. The van der Waals surface area contributed by atoms with Crippen LogP contribution in [-0.2, 0) is 0 Å². The molecule has 0 aliphatic carbocycles. The van der Waals surface area contributed by atoms with Crippen LogP contribution in [0.3, 0.4) is 0 Å². The maximum absolute atomic E-state index is 13.3. The minimum Gasteiger partial charge on any atom is -0.463 e. The van der Waals surface area contributed by atoms with Crippen molar-refractivity contribution in [1.82, 2.24) is 20.3 Å². The van der Waals surface area contributed by atoms with Crippen LogP contribution in [0, 0.1) is 6.92 Å². The largest absolute Gasteiger partial charge is 0.463 e. The smallest absolute Gasteiger partial charge is 0.259 e. The number of rotatable bonds is 4. The Morgan fingerprint density at radius 3 is 2.50 bits per heavy atom. The van der Waals surface area contributed by atoms with Crippen LogP contribution in [0.5, 0.6) is 0 Å². The standard InChI is InChI=1S/C23H20ClN5O3/c1-15-21(22(27-32-15)16-5-2-3-6-17(16)24)23(30)29-12-10-28(11-13-29)20-9-8-18(25-26-20)19-7-4-14-31-19/h2-9,14H,10-13H2,1H3. The summed E-state index contributed by atoms with van der Waals surface area (Å²) in [6.45, 7) is 4.13. The van der Waals surface area contributed by atoms with E-state index in [0.29, 0.717) is 65.2 Å². The number of piperazine rings is 1. The van der Waals surface area contributed by atoms with Gasteiger partial charge in [0.1, 0.15) is 22.7 Å². The van der Waals surface area contributed by atoms with Crippen molar-refractivity contribution in [3.8, 4) is 22.7 Å². The average molecular weight is 450 g/mol. The summed E-state index contributed by atoms with van der Waals surface area (Å²) in [5.41, 5.74) is 2.29. The summed E-state index contributed by atoms with van der Waals surface area (Å²) in [5.74, 6) is 1.81. The Kier molecular flexibility index (Phi) is 5.36. The van der Waals surface area contributed by atoms with Gasteiger partial charge in [0.25, 0.3) is 5.91 Å². The topological polar surface area (TPSA) is 88.5 Å². The summed E-state index contributed by atoms with van der Waals surface area (Å²) in [7, 11) is 0. The molecule has 0 radical (unpaired) electrons. The lowest BCUT2D eigenvalue weighted by Crippen LogP contribution is -2.49. The fourth-order valence-corrected chi connectivity index (χ4v) is 4.03. The molecule has 0 bridgehead atoms. The van der Waals surface area contributed by atoms with Crippen LogP contribution in [0.15, 0.2) is 63.7 Å². The van der Waals surface area contributed by atoms with Gasteiger partial charge in [0, 0.05) is 31.7 Å². The molecule has 0 unspecified atom stereocenters. The van der Waals surface area contributed by atoms with Crippen LogP contribution in [0.25, 0.3) is 22.7 Å². The van der Waals surface area contributed by atoms with E-state index in [1.165, 1.54) is 0 Å². The third kappa shape index (κ3) is 3.73. The molecule has 1 saturated heterocycles. The van der Waals surface area contributed by atoms with Gasteiger partial charge in [-0.1, -0.05) is 35.0 Å². The highest BCUT2D eigenvalue weighted by atomic mass is 35.5. The van der Waals surface area contributed by atoms with Gasteiger partial charge >= 0.3 is 0 Å². The number of aromatic nitrogens is 3. The SMILES string of the molecule is Cc1onc(-c2ccccc2Cl)c1C(=O)N1CCN(c2ccc(-c3ccco3)nn2)CC1. The molecule has 9 heteroatoms. The Morgan fingerprint density at radius 1 is 1.00 bits per heavy atom. The number of furan rings is 1. The van der Waals surface area contributed by atoms with Gasteiger partial charge in [0.15, 0.2) is 11.6 Å². The zero-order valence-corrected chi connectivity index (χ0v) is 18.1. The molecular formula is C23H20ClN5O3. The summed E-state index contributed by atoms with van der Waals surface area (Å²) < 4.78 is 10.7. The third-order valence-electron chi connectivity index (χ3n) is 5.52. The van der Waals surface area contributed by atoms with Crippen molar-refractivity contribution in [3.63, 3.8) is 0 Å². The summed E-state index contributed by atoms with van der Waals surface area (Å²) in [4.78, 5) is 17.2. The van der Waals surface area contributed by atoms with Crippen molar-refractivity contribution >= 4 is 23.3 Å². The Labute approximate surface area is 189 Å². The highest BCUT2D eigenvalue weighted by Crippen LogP contribution is 2.32. The second-order valence-electron chi connectivity index (χ2n) is 7.48. The van der Waals surface area contributed by atoms with Crippen molar-refractivity contribution < 1.29 is 13.7 Å². The predicted molar refractivity (Wildman–Crippen MR) is 120 cm³/mol. The quantitative estimate of drug-likeness (QED) is 0.458. The van der Waals surface area contributed by atoms with Crippen LogP contribution >= 0.6 is 11.6 Å². The number of hydrogen-bond donors (Lipinski definition) is 0.